The molecule has 0 aliphatic heterocycles. The Kier molecular flexibility index (Phi) is 6.87. The van der Waals surface area contributed by atoms with Gasteiger partial charge in [-0.05, 0) is 48.6 Å². The zero-order chi connectivity index (χ0) is 21.7. The van der Waals surface area contributed by atoms with Crippen molar-refractivity contribution in [2.24, 2.45) is 11.8 Å². The van der Waals surface area contributed by atoms with Crippen LogP contribution >= 0.6 is 0 Å². The Hall–Kier alpha value is -3.15. The highest BCUT2D eigenvalue weighted by atomic mass is 16.4. The van der Waals surface area contributed by atoms with Crippen LogP contribution in [-0.2, 0) is 9.59 Å². The second kappa shape index (κ2) is 9.57. The molecule has 0 heterocycles. The molecular formula is C24H28N2O4. The van der Waals surface area contributed by atoms with Crippen LogP contribution in [-0.4, -0.2) is 22.9 Å². The van der Waals surface area contributed by atoms with Crippen molar-refractivity contribution in [3.05, 3.63) is 59.7 Å². The molecule has 2 amide bonds. The predicted octanol–water partition coefficient (Wildman–Crippen LogP) is 4.89. The minimum atomic E-state index is -0.939. The van der Waals surface area contributed by atoms with E-state index in [1.807, 2.05) is 24.3 Å². The minimum absolute atomic E-state index is 0.332. The third-order valence-electron chi connectivity index (χ3n) is 5.68. The number of carbonyl (C=O) groups is 3. The Morgan fingerprint density at radius 3 is 2.17 bits per heavy atom. The van der Waals surface area contributed by atoms with Crippen LogP contribution in [0.2, 0.25) is 0 Å². The lowest BCUT2D eigenvalue weighted by atomic mass is 9.78. The lowest BCUT2D eigenvalue weighted by Gasteiger charge is -2.27. The van der Waals surface area contributed by atoms with Crippen molar-refractivity contribution < 1.29 is 19.5 Å². The molecule has 2 atom stereocenters. The fraction of sp³-hybridized carbons (Fsp3) is 0.375. The van der Waals surface area contributed by atoms with Gasteiger partial charge in [-0.15, -0.1) is 0 Å². The summed E-state index contributed by atoms with van der Waals surface area (Å²) in [5.41, 5.74) is 2.57. The predicted molar refractivity (Wildman–Crippen MR) is 117 cm³/mol. The molecule has 1 aliphatic rings. The van der Waals surface area contributed by atoms with E-state index >= 15 is 0 Å². The van der Waals surface area contributed by atoms with E-state index in [9.17, 15) is 19.5 Å². The third kappa shape index (κ3) is 5.06. The first-order chi connectivity index (χ1) is 14.4. The van der Waals surface area contributed by atoms with Gasteiger partial charge in [-0.3, -0.25) is 14.4 Å². The molecule has 1 saturated carbocycles. The fourth-order valence-corrected chi connectivity index (χ4v) is 3.91. The highest BCUT2D eigenvalue weighted by Crippen LogP contribution is 2.31. The van der Waals surface area contributed by atoms with Crippen LogP contribution in [0.5, 0.6) is 0 Å². The van der Waals surface area contributed by atoms with Gasteiger partial charge in [0.25, 0.3) is 5.91 Å². The molecule has 0 saturated heterocycles. The summed E-state index contributed by atoms with van der Waals surface area (Å²) in [5, 5.41) is 15.1. The number of anilines is 2. The number of carbonyl (C=O) groups excluding carboxylic acids is 2. The van der Waals surface area contributed by atoms with Crippen molar-refractivity contribution in [1.29, 1.82) is 0 Å². The summed E-state index contributed by atoms with van der Waals surface area (Å²) in [6.07, 6.45) is 2.69. The molecule has 3 N–H and O–H groups in total. The summed E-state index contributed by atoms with van der Waals surface area (Å²) in [6, 6.07) is 14.4. The molecule has 2 aromatic carbocycles. The van der Waals surface area contributed by atoms with Crippen molar-refractivity contribution in [3.8, 4) is 0 Å². The number of hydrogen-bond donors (Lipinski definition) is 3. The fourth-order valence-electron chi connectivity index (χ4n) is 3.91. The van der Waals surface area contributed by atoms with E-state index in [2.05, 4.69) is 24.5 Å². The Bertz CT molecular complexity index is 921. The van der Waals surface area contributed by atoms with Gasteiger partial charge in [-0.1, -0.05) is 51.0 Å². The second-order valence-corrected chi connectivity index (χ2v) is 8.10. The van der Waals surface area contributed by atoms with Crippen LogP contribution < -0.4 is 10.6 Å². The van der Waals surface area contributed by atoms with Gasteiger partial charge >= 0.3 is 5.97 Å². The molecule has 6 nitrogen and oxygen atoms in total. The first-order valence-electron chi connectivity index (χ1n) is 10.4. The van der Waals surface area contributed by atoms with Crippen LogP contribution in [0.15, 0.2) is 48.5 Å². The maximum Gasteiger partial charge on any atom is 0.307 e. The van der Waals surface area contributed by atoms with Gasteiger partial charge in [0, 0.05) is 5.69 Å². The Morgan fingerprint density at radius 1 is 0.900 bits per heavy atom. The highest BCUT2D eigenvalue weighted by molar-refractivity contribution is 6.10. The van der Waals surface area contributed by atoms with Crippen molar-refractivity contribution in [2.45, 2.75) is 45.4 Å². The zero-order valence-electron chi connectivity index (χ0n) is 17.4. The lowest BCUT2D eigenvalue weighted by molar-refractivity contribution is -0.147. The summed E-state index contributed by atoms with van der Waals surface area (Å²) < 4.78 is 0. The number of carboxylic acids is 1. The Morgan fingerprint density at radius 2 is 1.53 bits per heavy atom. The van der Waals surface area contributed by atoms with E-state index in [0.29, 0.717) is 35.7 Å². The number of carboxylic acid groups (broad SMARTS) is 1. The molecule has 2 aromatic rings. The van der Waals surface area contributed by atoms with E-state index in [0.717, 1.165) is 12.8 Å². The molecule has 0 aromatic heterocycles. The number of aliphatic carboxylic acids is 1. The molecule has 30 heavy (non-hydrogen) atoms. The van der Waals surface area contributed by atoms with E-state index in [-0.39, 0.29) is 11.8 Å². The first-order valence-corrected chi connectivity index (χ1v) is 10.4. The Labute approximate surface area is 176 Å². The monoisotopic (exact) mass is 408 g/mol. The molecule has 1 aliphatic carbocycles. The number of hydrogen-bond acceptors (Lipinski definition) is 3. The van der Waals surface area contributed by atoms with Crippen molar-refractivity contribution in [3.63, 3.8) is 0 Å². The van der Waals surface area contributed by atoms with Gasteiger partial charge in [0.1, 0.15) is 0 Å². The highest BCUT2D eigenvalue weighted by Gasteiger charge is 2.36. The lowest BCUT2D eigenvalue weighted by Crippen LogP contribution is -2.36. The van der Waals surface area contributed by atoms with Gasteiger partial charge in [0.15, 0.2) is 0 Å². The number of para-hydroxylation sites is 1. The van der Waals surface area contributed by atoms with E-state index in [1.165, 1.54) is 5.56 Å². The topological polar surface area (TPSA) is 95.5 Å². The molecule has 0 spiro atoms. The molecule has 3 rings (SSSR count). The van der Waals surface area contributed by atoms with Crippen molar-refractivity contribution in [1.82, 2.24) is 0 Å². The van der Waals surface area contributed by atoms with Gasteiger partial charge in [0.2, 0.25) is 5.91 Å². The van der Waals surface area contributed by atoms with E-state index in [1.54, 1.807) is 24.3 Å². The summed E-state index contributed by atoms with van der Waals surface area (Å²) >= 11 is 0. The summed E-state index contributed by atoms with van der Waals surface area (Å²) in [7, 11) is 0. The van der Waals surface area contributed by atoms with Gasteiger partial charge in [0.05, 0.1) is 23.1 Å². The van der Waals surface area contributed by atoms with Gasteiger partial charge in [-0.25, -0.2) is 0 Å². The van der Waals surface area contributed by atoms with Crippen LogP contribution in [0.25, 0.3) is 0 Å². The molecule has 158 valence electrons. The first kappa shape index (κ1) is 21.6. The average molecular weight is 408 g/mol. The van der Waals surface area contributed by atoms with Crippen LogP contribution in [0.3, 0.4) is 0 Å². The van der Waals surface area contributed by atoms with Gasteiger partial charge in [-0.2, -0.15) is 0 Å². The molecule has 0 radical (unpaired) electrons. The molecular weight excluding hydrogens is 380 g/mol. The number of nitrogens with one attached hydrogen (secondary N) is 2. The second-order valence-electron chi connectivity index (χ2n) is 8.10. The largest absolute Gasteiger partial charge is 0.481 e. The number of rotatable bonds is 6. The SMILES string of the molecule is CC(C)c1ccc(NC(=O)c2ccccc2NC(=O)[C@H]2CCCC[C@H]2C(=O)O)cc1. The van der Waals surface area contributed by atoms with E-state index < -0.39 is 17.8 Å². The molecule has 0 bridgehead atoms. The number of benzene rings is 2. The summed E-state index contributed by atoms with van der Waals surface area (Å²) in [6.45, 7) is 4.21. The summed E-state index contributed by atoms with van der Waals surface area (Å²) in [4.78, 5) is 37.2. The van der Waals surface area contributed by atoms with Crippen LogP contribution in [0.4, 0.5) is 11.4 Å². The minimum Gasteiger partial charge on any atom is -0.481 e. The van der Waals surface area contributed by atoms with E-state index in [4.69, 9.17) is 0 Å². The molecule has 6 heteroatoms. The average Bonchev–Trinajstić information content (AvgIpc) is 2.74. The Balaban J connectivity index is 1.74. The zero-order valence-corrected chi connectivity index (χ0v) is 17.4. The smallest absolute Gasteiger partial charge is 0.307 e. The number of amides is 2. The van der Waals surface area contributed by atoms with Crippen LogP contribution in [0.1, 0.15) is 61.4 Å². The molecule has 1 fully saturated rings. The van der Waals surface area contributed by atoms with Crippen LogP contribution in [0, 0.1) is 11.8 Å². The quantitative estimate of drug-likeness (QED) is 0.634. The van der Waals surface area contributed by atoms with Gasteiger partial charge < -0.3 is 15.7 Å². The third-order valence-corrected chi connectivity index (χ3v) is 5.68. The van der Waals surface area contributed by atoms with Crippen molar-refractivity contribution in [2.75, 3.05) is 10.6 Å². The summed E-state index contributed by atoms with van der Waals surface area (Å²) in [5.74, 6) is -2.48. The van der Waals surface area contributed by atoms with Crippen molar-refractivity contribution >= 4 is 29.2 Å². The standard InChI is InChI=1S/C24H28N2O4/c1-15(2)16-11-13-17(14-12-16)25-23(28)20-9-5-6-10-21(20)26-22(27)18-7-3-4-8-19(18)24(29)30/h5-6,9-15,18-19H,3-4,7-8H2,1-2H3,(H,25,28)(H,26,27)(H,29,30)/t18-,19+/m0/s1. The normalized spacial score (nSPS) is 18.6. The maximum absolute atomic E-state index is 12.8. The molecule has 0 unspecified atom stereocenters. The maximum atomic E-state index is 12.8.